The maximum absolute atomic E-state index is 13.6. The van der Waals surface area contributed by atoms with Crippen molar-refractivity contribution in [3.63, 3.8) is 0 Å². The summed E-state index contributed by atoms with van der Waals surface area (Å²) in [7, 11) is 1.53. The van der Waals surface area contributed by atoms with Crippen molar-refractivity contribution in [2.75, 3.05) is 20.2 Å². The second-order valence-corrected chi connectivity index (χ2v) is 6.34. The zero-order valence-electron chi connectivity index (χ0n) is 13.5. The SMILES string of the molecule is CC(CN(C)C(=O)NC1CCOC1c1ccc(Cl)c(F)c1)C(=O)O. The highest BCUT2D eigenvalue weighted by molar-refractivity contribution is 6.30. The third-order valence-corrected chi connectivity index (χ3v) is 4.30. The maximum atomic E-state index is 13.6. The molecule has 0 aliphatic carbocycles. The zero-order chi connectivity index (χ0) is 17.9. The fourth-order valence-corrected chi connectivity index (χ4v) is 2.71. The second-order valence-electron chi connectivity index (χ2n) is 5.93. The molecule has 2 rings (SSSR count). The molecule has 3 atom stereocenters. The van der Waals surface area contributed by atoms with Gasteiger partial charge in [0.1, 0.15) is 11.9 Å². The smallest absolute Gasteiger partial charge is 0.317 e. The summed E-state index contributed by atoms with van der Waals surface area (Å²) in [6.07, 6.45) is 0.120. The molecule has 0 radical (unpaired) electrons. The highest BCUT2D eigenvalue weighted by Gasteiger charge is 2.32. The Balaban J connectivity index is 2.01. The van der Waals surface area contributed by atoms with Crippen LogP contribution in [0.15, 0.2) is 18.2 Å². The lowest BCUT2D eigenvalue weighted by Crippen LogP contribution is -2.46. The normalized spacial score (nSPS) is 21.3. The minimum absolute atomic E-state index is 0.0275. The number of amides is 2. The number of carboxylic acid groups (broad SMARTS) is 1. The van der Waals surface area contributed by atoms with E-state index in [1.165, 1.54) is 31.0 Å². The van der Waals surface area contributed by atoms with Crippen LogP contribution < -0.4 is 5.32 Å². The molecule has 0 bridgehead atoms. The lowest BCUT2D eigenvalue weighted by atomic mass is 10.0. The Labute approximate surface area is 144 Å². The monoisotopic (exact) mass is 358 g/mol. The number of benzene rings is 1. The first kappa shape index (κ1) is 18.5. The van der Waals surface area contributed by atoms with Crippen LogP contribution in [0.5, 0.6) is 0 Å². The number of nitrogens with one attached hydrogen (secondary N) is 1. The van der Waals surface area contributed by atoms with Crippen LogP contribution in [0, 0.1) is 11.7 Å². The summed E-state index contributed by atoms with van der Waals surface area (Å²) in [6.45, 7) is 2.06. The fourth-order valence-electron chi connectivity index (χ4n) is 2.60. The number of rotatable bonds is 5. The minimum atomic E-state index is -0.964. The summed E-state index contributed by atoms with van der Waals surface area (Å²) in [5, 5.41) is 11.8. The van der Waals surface area contributed by atoms with E-state index in [0.29, 0.717) is 18.6 Å². The number of nitrogens with zero attached hydrogens (tertiary/aromatic N) is 1. The molecule has 0 spiro atoms. The highest BCUT2D eigenvalue weighted by atomic mass is 35.5. The van der Waals surface area contributed by atoms with Crippen LogP contribution >= 0.6 is 11.6 Å². The van der Waals surface area contributed by atoms with Crippen LogP contribution in [0.1, 0.15) is 25.0 Å². The zero-order valence-corrected chi connectivity index (χ0v) is 14.2. The van der Waals surface area contributed by atoms with Gasteiger partial charge in [0, 0.05) is 20.2 Å². The number of hydrogen-bond donors (Lipinski definition) is 2. The number of halogens is 2. The van der Waals surface area contributed by atoms with Crippen molar-refractivity contribution in [2.24, 2.45) is 5.92 Å². The van der Waals surface area contributed by atoms with Gasteiger partial charge in [0.05, 0.1) is 17.0 Å². The summed E-state index contributed by atoms with van der Waals surface area (Å²) in [5.41, 5.74) is 0.598. The van der Waals surface area contributed by atoms with E-state index in [1.54, 1.807) is 6.07 Å². The lowest BCUT2D eigenvalue weighted by molar-refractivity contribution is -0.141. The molecule has 24 heavy (non-hydrogen) atoms. The molecule has 2 amide bonds. The molecule has 1 fully saturated rings. The number of carbonyl (C=O) groups excluding carboxylic acids is 1. The molecule has 1 aliphatic rings. The predicted molar refractivity (Wildman–Crippen MR) is 86.5 cm³/mol. The van der Waals surface area contributed by atoms with Gasteiger partial charge < -0.3 is 20.1 Å². The molecule has 3 unspecified atom stereocenters. The van der Waals surface area contributed by atoms with Gasteiger partial charge in [-0.05, 0) is 24.1 Å². The number of carboxylic acids is 1. The van der Waals surface area contributed by atoms with Crippen molar-refractivity contribution in [1.29, 1.82) is 0 Å². The largest absolute Gasteiger partial charge is 0.481 e. The molecule has 1 aromatic carbocycles. The quantitative estimate of drug-likeness (QED) is 0.848. The van der Waals surface area contributed by atoms with Gasteiger partial charge in [-0.3, -0.25) is 4.79 Å². The molecule has 1 heterocycles. The van der Waals surface area contributed by atoms with Crippen molar-refractivity contribution >= 4 is 23.6 Å². The van der Waals surface area contributed by atoms with Gasteiger partial charge in [0.25, 0.3) is 0 Å². The first-order valence-electron chi connectivity index (χ1n) is 7.60. The molecule has 0 aromatic heterocycles. The molecule has 2 N–H and O–H groups in total. The summed E-state index contributed by atoms with van der Waals surface area (Å²) in [4.78, 5) is 24.4. The van der Waals surface area contributed by atoms with E-state index >= 15 is 0 Å². The summed E-state index contributed by atoms with van der Waals surface area (Å²) >= 11 is 5.68. The van der Waals surface area contributed by atoms with E-state index < -0.39 is 29.8 Å². The fraction of sp³-hybridized carbons (Fsp3) is 0.500. The van der Waals surface area contributed by atoms with E-state index in [9.17, 15) is 14.0 Å². The number of aliphatic carboxylic acids is 1. The standard InChI is InChI=1S/C16H20ClFN2O4/c1-9(15(21)22)8-20(2)16(23)19-13-5-6-24-14(13)10-3-4-11(17)12(18)7-10/h3-4,7,9,13-14H,5-6,8H2,1-2H3,(H,19,23)(H,21,22). The van der Waals surface area contributed by atoms with Crippen molar-refractivity contribution in [2.45, 2.75) is 25.5 Å². The average molecular weight is 359 g/mol. The maximum Gasteiger partial charge on any atom is 0.317 e. The number of ether oxygens (including phenoxy) is 1. The Morgan fingerprint density at radius 2 is 2.25 bits per heavy atom. The third-order valence-electron chi connectivity index (χ3n) is 3.99. The number of urea groups is 1. The van der Waals surface area contributed by atoms with Crippen LogP contribution in [-0.4, -0.2) is 48.2 Å². The third kappa shape index (κ3) is 4.36. The van der Waals surface area contributed by atoms with Gasteiger partial charge in [-0.25, -0.2) is 9.18 Å². The summed E-state index contributed by atoms with van der Waals surface area (Å²) in [5.74, 6) is -2.17. The van der Waals surface area contributed by atoms with E-state index in [1.807, 2.05) is 0 Å². The molecule has 1 saturated heterocycles. The summed E-state index contributed by atoms with van der Waals surface area (Å²) < 4.78 is 19.2. The van der Waals surface area contributed by atoms with Gasteiger partial charge in [0.15, 0.2) is 0 Å². The predicted octanol–water partition coefficient (Wildman–Crippen LogP) is 2.67. The molecule has 132 valence electrons. The molecule has 1 aromatic rings. The van der Waals surface area contributed by atoms with Crippen molar-refractivity contribution < 1.29 is 23.8 Å². The Morgan fingerprint density at radius 3 is 2.88 bits per heavy atom. The minimum Gasteiger partial charge on any atom is -0.481 e. The molecule has 1 aliphatic heterocycles. The van der Waals surface area contributed by atoms with Gasteiger partial charge >= 0.3 is 12.0 Å². The van der Waals surface area contributed by atoms with E-state index in [4.69, 9.17) is 21.4 Å². The Hall–Kier alpha value is -1.86. The van der Waals surface area contributed by atoms with Crippen molar-refractivity contribution in [3.8, 4) is 0 Å². The molecular formula is C16H20ClFN2O4. The van der Waals surface area contributed by atoms with Gasteiger partial charge in [-0.1, -0.05) is 24.6 Å². The van der Waals surface area contributed by atoms with Crippen LogP contribution in [0.2, 0.25) is 5.02 Å². The van der Waals surface area contributed by atoms with Crippen LogP contribution in [0.3, 0.4) is 0 Å². The first-order valence-corrected chi connectivity index (χ1v) is 7.98. The van der Waals surface area contributed by atoms with Gasteiger partial charge in [0.2, 0.25) is 0 Å². The second kappa shape index (κ2) is 7.81. The lowest BCUT2D eigenvalue weighted by Gasteiger charge is -2.25. The topological polar surface area (TPSA) is 78.9 Å². The Morgan fingerprint density at radius 1 is 1.54 bits per heavy atom. The van der Waals surface area contributed by atoms with Crippen molar-refractivity contribution in [3.05, 3.63) is 34.6 Å². The molecule has 0 saturated carbocycles. The van der Waals surface area contributed by atoms with E-state index in [2.05, 4.69) is 5.32 Å². The number of hydrogen-bond acceptors (Lipinski definition) is 3. The highest BCUT2D eigenvalue weighted by Crippen LogP contribution is 2.31. The Kier molecular flexibility index (Phi) is 6.01. The average Bonchev–Trinajstić information content (AvgIpc) is 2.97. The summed E-state index contributed by atoms with van der Waals surface area (Å²) in [6, 6.07) is 3.71. The molecular weight excluding hydrogens is 339 g/mol. The van der Waals surface area contributed by atoms with Gasteiger partial charge in [-0.15, -0.1) is 0 Å². The van der Waals surface area contributed by atoms with Gasteiger partial charge in [-0.2, -0.15) is 0 Å². The van der Waals surface area contributed by atoms with Crippen LogP contribution in [-0.2, 0) is 9.53 Å². The molecule has 8 heteroatoms. The first-order chi connectivity index (χ1) is 11.3. The van der Waals surface area contributed by atoms with Crippen LogP contribution in [0.25, 0.3) is 0 Å². The molecule has 6 nitrogen and oxygen atoms in total. The van der Waals surface area contributed by atoms with E-state index in [0.717, 1.165) is 0 Å². The number of carbonyl (C=O) groups is 2. The Bertz CT molecular complexity index is 628. The van der Waals surface area contributed by atoms with E-state index in [-0.39, 0.29) is 17.6 Å². The van der Waals surface area contributed by atoms with Crippen molar-refractivity contribution in [1.82, 2.24) is 10.2 Å². The van der Waals surface area contributed by atoms with Crippen LogP contribution in [0.4, 0.5) is 9.18 Å².